The van der Waals surface area contributed by atoms with Crippen molar-refractivity contribution < 1.29 is 19.1 Å². The highest BCUT2D eigenvalue weighted by Gasteiger charge is 2.32. The molecule has 0 fully saturated rings. The van der Waals surface area contributed by atoms with Gasteiger partial charge in [0.25, 0.3) is 0 Å². The molecule has 0 radical (unpaired) electrons. The summed E-state index contributed by atoms with van der Waals surface area (Å²) in [6, 6.07) is 0. The van der Waals surface area contributed by atoms with Crippen LogP contribution in [0.4, 0.5) is 0 Å². The lowest BCUT2D eigenvalue weighted by Crippen LogP contribution is -2.36. The van der Waals surface area contributed by atoms with E-state index in [0.717, 1.165) is 0 Å². The van der Waals surface area contributed by atoms with E-state index in [1.54, 1.807) is 13.8 Å². The normalized spacial score (nSPS) is 11.2. The van der Waals surface area contributed by atoms with E-state index in [1.807, 2.05) is 19.6 Å². The number of rotatable bonds is 5. The smallest absolute Gasteiger partial charge is 0.361 e. The van der Waals surface area contributed by atoms with Crippen molar-refractivity contribution in [1.29, 1.82) is 0 Å². The second-order valence-electron chi connectivity index (χ2n) is 4.81. The molecule has 0 spiro atoms. The second kappa shape index (κ2) is 5.96. The molecule has 0 amide bonds. The first kappa shape index (κ1) is 15.4. The lowest BCUT2D eigenvalue weighted by molar-refractivity contribution is 0.0470. The van der Waals surface area contributed by atoms with E-state index in [4.69, 9.17) is 9.47 Å². The van der Waals surface area contributed by atoms with E-state index < -0.39 is 20.2 Å². The second-order valence-corrected chi connectivity index (χ2v) is 9.58. The van der Waals surface area contributed by atoms with Crippen LogP contribution in [-0.4, -0.2) is 48.0 Å². The standard InChI is InChI=1S/C11H19N3O4Si/c1-6-17-10(15)8-9(11(16)18-7-2)14(13-12-8)19(3,4)5/h6-7H2,1-5H3. The van der Waals surface area contributed by atoms with Crippen molar-refractivity contribution in [3.05, 3.63) is 11.4 Å². The SMILES string of the molecule is CCOC(=O)c1nnn([Si](C)(C)C)c1C(=O)OCC. The van der Waals surface area contributed by atoms with E-state index in [2.05, 4.69) is 10.3 Å². The third-order valence-electron chi connectivity index (χ3n) is 2.24. The summed E-state index contributed by atoms with van der Waals surface area (Å²) in [5.41, 5.74) is 0.00203. The van der Waals surface area contributed by atoms with Crippen molar-refractivity contribution >= 4 is 20.2 Å². The highest BCUT2D eigenvalue weighted by atomic mass is 28.3. The number of carbonyl (C=O) groups is 2. The Morgan fingerprint density at radius 2 is 1.63 bits per heavy atom. The number of hydrogen-bond donors (Lipinski definition) is 0. The molecule has 1 rings (SSSR count). The van der Waals surface area contributed by atoms with Crippen molar-refractivity contribution in [2.24, 2.45) is 0 Å². The maximum atomic E-state index is 12.0. The van der Waals surface area contributed by atoms with Crippen LogP contribution in [0.2, 0.25) is 19.6 Å². The van der Waals surface area contributed by atoms with E-state index in [9.17, 15) is 9.59 Å². The highest BCUT2D eigenvalue weighted by molar-refractivity contribution is 6.74. The summed E-state index contributed by atoms with van der Waals surface area (Å²) in [4.78, 5) is 23.8. The highest BCUT2D eigenvalue weighted by Crippen LogP contribution is 2.15. The van der Waals surface area contributed by atoms with E-state index in [-0.39, 0.29) is 24.6 Å². The summed E-state index contributed by atoms with van der Waals surface area (Å²) in [5.74, 6) is -1.26. The molecule has 7 nitrogen and oxygen atoms in total. The first-order valence-electron chi connectivity index (χ1n) is 6.13. The van der Waals surface area contributed by atoms with Gasteiger partial charge >= 0.3 is 11.9 Å². The van der Waals surface area contributed by atoms with Gasteiger partial charge in [0, 0.05) is 0 Å². The molecule has 1 aromatic rings. The van der Waals surface area contributed by atoms with Gasteiger partial charge in [-0.3, -0.25) is 4.35 Å². The van der Waals surface area contributed by atoms with Gasteiger partial charge in [0.15, 0.2) is 13.9 Å². The summed E-state index contributed by atoms with van der Waals surface area (Å²) < 4.78 is 11.4. The zero-order valence-electron chi connectivity index (χ0n) is 11.9. The van der Waals surface area contributed by atoms with Crippen LogP contribution in [-0.2, 0) is 9.47 Å². The number of esters is 2. The van der Waals surface area contributed by atoms with Crippen molar-refractivity contribution in [3.63, 3.8) is 0 Å². The Balaban J connectivity index is 3.30. The minimum absolute atomic E-state index is 0.0808. The van der Waals surface area contributed by atoms with Crippen molar-refractivity contribution in [3.8, 4) is 0 Å². The molecule has 19 heavy (non-hydrogen) atoms. The van der Waals surface area contributed by atoms with Crippen LogP contribution in [0.1, 0.15) is 34.8 Å². The minimum atomic E-state index is -1.98. The molecule has 0 N–H and O–H groups in total. The van der Waals surface area contributed by atoms with Crippen molar-refractivity contribution in [2.75, 3.05) is 13.2 Å². The molecule has 8 heteroatoms. The van der Waals surface area contributed by atoms with Crippen LogP contribution in [0.25, 0.3) is 0 Å². The van der Waals surface area contributed by atoms with Crippen LogP contribution >= 0.6 is 0 Å². The zero-order chi connectivity index (χ0) is 14.6. The Labute approximate surface area is 113 Å². The lowest BCUT2D eigenvalue weighted by atomic mass is 10.3. The summed E-state index contributed by atoms with van der Waals surface area (Å²) >= 11 is 0. The van der Waals surface area contributed by atoms with Crippen molar-refractivity contribution in [2.45, 2.75) is 33.5 Å². The molecule has 0 aromatic carbocycles. The molecule has 0 saturated carbocycles. The molecule has 0 aliphatic heterocycles. The minimum Gasteiger partial charge on any atom is -0.461 e. The number of ether oxygens (including phenoxy) is 2. The topological polar surface area (TPSA) is 83.3 Å². The van der Waals surface area contributed by atoms with E-state index >= 15 is 0 Å². The maximum absolute atomic E-state index is 12.0. The predicted octanol–water partition coefficient (Wildman–Crippen LogP) is 1.31. The fraction of sp³-hybridized carbons (Fsp3) is 0.636. The molecular weight excluding hydrogens is 266 g/mol. The molecule has 1 heterocycles. The first-order chi connectivity index (χ1) is 8.82. The van der Waals surface area contributed by atoms with Gasteiger partial charge in [-0.05, 0) is 33.5 Å². The molecule has 106 valence electrons. The molecule has 0 aliphatic carbocycles. The van der Waals surface area contributed by atoms with Gasteiger partial charge in [-0.1, -0.05) is 5.21 Å². The molecule has 0 aliphatic rings. The van der Waals surface area contributed by atoms with Gasteiger partial charge in [-0.25, -0.2) is 9.59 Å². The number of aromatic nitrogens is 3. The van der Waals surface area contributed by atoms with Crippen LogP contribution in [0.15, 0.2) is 0 Å². The summed E-state index contributed by atoms with van der Waals surface area (Å²) in [7, 11) is -1.98. The van der Waals surface area contributed by atoms with Crippen LogP contribution < -0.4 is 0 Å². The van der Waals surface area contributed by atoms with Gasteiger partial charge in [0.2, 0.25) is 5.69 Å². The molecular formula is C11H19N3O4Si. The maximum Gasteiger partial charge on any atom is 0.361 e. The summed E-state index contributed by atoms with van der Waals surface area (Å²) in [6.45, 7) is 9.77. The Kier molecular flexibility index (Phi) is 4.82. The molecule has 0 saturated heterocycles. The van der Waals surface area contributed by atoms with Crippen LogP contribution in [0.3, 0.4) is 0 Å². The monoisotopic (exact) mass is 285 g/mol. The average Bonchev–Trinajstić information content (AvgIpc) is 2.73. The molecule has 0 atom stereocenters. The third kappa shape index (κ3) is 3.40. The quantitative estimate of drug-likeness (QED) is 0.599. The van der Waals surface area contributed by atoms with Crippen LogP contribution in [0, 0.1) is 0 Å². The Morgan fingerprint density at radius 1 is 1.11 bits per heavy atom. The predicted molar refractivity (Wildman–Crippen MR) is 70.7 cm³/mol. The van der Waals surface area contributed by atoms with E-state index in [1.165, 1.54) is 4.35 Å². The Hall–Kier alpha value is -1.70. The number of nitrogens with zero attached hydrogens (tertiary/aromatic N) is 3. The number of carbonyl (C=O) groups excluding carboxylic acids is 2. The fourth-order valence-corrected chi connectivity index (χ4v) is 2.65. The molecule has 1 aromatic heterocycles. The lowest BCUT2D eigenvalue weighted by Gasteiger charge is -2.18. The summed E-state index contributed by atoms with van der Waals surface area (Å²) in [6.07, 6.45) is 0. The van der Waals surface area contributed by atoms with Gasteiger partial charge in [-0.2, -0.15) is 0 Å². The van der Waals surface area contributed by atoms with Crippen LogP contribution in [0.5, 0.6) is 0 Å². The van der Waals surface area contributed by atoms with Gasteiger partial charge in [0.05, 0.1) is 13.2 Å². The molecule has 0 unspecified atom stereocenters. The Bertz CT molecular complexity index is 479. The zero-order valence-corrected chi connectivity index (χ0v) is 12.9. The third-order valence-corrected chi connectivity index (χ3v) is 3.83. The molecule has 0 bridgehead atoms. The van der Waals surface area contributed by atoms with Gasteiger partial charge < -0.3 is 9.47 Å². The summed E-state index contributed by atoms with van der Waals surface area (Å²) in [5, 5.41) is 7.70. The van der Waals surface area contributed by atoms with Gasteiger partial charge in [-0.15, -0.1) is 5.10 Å². The Morgan fingerprint density at radius 3 is 2.11 bits per heavy atom. The van der Waals surface area contributed by atoms with E-state index in [0.29, 0.717) is 0 Å². The average molecular weight is 285 g/mol. The largest absolute Gasteiger partial charge is 0.461 e. The first-order valence-corrected chi connectivity index (χ1v) is 9.58. The van der Waals surface area contributed by atoms with Crippen molar-refractivity contribution in [1.82, 2.24) is 14.7 Å². The van der Waals surface area contributed by atoms with Gasteiger partial charge in [0.1, 0.15) is 0 Å². The number of hydrogen-bond acceptors (Lipinski definition) is 6. The fourth-order valence-electron chi connectivity index (χ4n) is 1.47.